The van der Waals surface area contributed by atoms with Gasteiger partial charge in [-0.25, -0.2) is 9.59 Å². The number of carbonyl (C=O) groups is 2. The van der Waals surface area contributed by atoms with Crippen LogP contribution in [0.15, 0.2) is 42.5 Å². The van der Waals surface area contributed by atoms with Crippen LogP contribution < -0.4 is 4.74 Å². The minimum Gasteiger partial charge on any atom is -0.504 e. The lowest BCUT2D eigenvalue weighted by Gasteiger charge is -2.38. The van der Waals surface area contributed by atoms with Crippen LogP contribution in [0.5, 0.6) is 23.0 Å². The molecule has 4 bridgehead atoms. The topological polar surface area (TPSA) is 143 Å². The average Bonchev–Trinajstić information content (AvgIpc) is 3.55. The molecule has 0 aromatic heterocycles. The Hall–Kier alpha value is -3.72. The fourth-order valence-corrected chi connectivity index (χ4v) is 8.98. The van der Waals surface area contributed by atoms with E-state index in [2.05, 4.69) is 41.5 Å². The largest absolute Gasteiger partial charge is 0.504 e. The van der Waals surface area contributed by atoms with Gasteiger partial charge in [-0.3, -0.25) is 0 Å². The Morgan fingerprint density at radius 2 is 1.38 bits per heavy atom. The number of benzene rings is 2. The van der Waals surface area contributed by atoms with Crippen LogP contribution in [0, 0.1) is 33.5 Å². The molecule has 4 aliphatic carbocycles. The van der Waals surface area contributed by atoms with Gasteiger partial charge in [0.15, 0.2) is 29.1 Å². The van der Waals surface area contributed by atoms with Crippen molar-refractivity contribution in [1.29, 1.82) is 0 Å². The number of carbonyl (C=O) groups excluding carboxylic acids is 2. The molecule has 0 heterocycles. The van der Waals surface area contributed by atoms with E-state index in [-0.39, 0.29) is 63.5 Å². The van der Waals surface area contributed by atoms with Gasteiger partial charge in [0, 0.05) is 23.3 Å². The standard InChI is InChI=1S/C20H26O4.C19H26O5/c1-19(2)14-9-10-20(19,3)17(12-14)24-18(22)8-6-13-5-7-15(21)16(11-13)23-4;1-18(2)12-6-7-19(18,3)16(10-12)24-17(23)15(22)9-11-4-5-13(20)14(21)8-11/h5-8,11,14,17,21H,9-10,12H2,1-4H3;4-5,8,12,15-16,20-22H,6-7,9-10H2,1-3H3/b8-6+;/t14-,17+,20+;12-,15-,16+,19+/m11/s1. The van der Waals surface area contributed by atoms with Crippen LogP contribution in [-0.2, 0) is 25.5 Å². The number of methoxy groups -OCH3 is 1. The van der Waals surface area contributed by atoms with E-state index >= 15 is 0 Å². The minimum absolute atomic E-state index is 0.00208. The zero-order chi connectivity index (χ0) is 35.2. The second kappa shape index (κ2) is 13.0. The van der Waals surface area contributed by atoms with E-state index in [1.165, 1.54) is 38.2 Å². The molecule has 2 aromatic carbocycles. The van der Waals surface area contributed by atoms with Gasteiger partial charge in [0.05, 0.1) is 7.11 Å². The zero-order valence-corrected chi connectivity index (χ0v) is 29.3. The van der Waals surface area contributed by atoms with Crippen molar-refractivity contribution in [2.75, 3.05) is 7.11 Å². The number of hydrogen-bond donors (Lipinski definition) is 4. The zero-order valence-electron chi connectivity index (χ0n) is 29.3. The Labute approximate surface area is 283 Å². The number of aliphatic hydroxyl groups is 1. The van der Waals surface area contributed by atoms with Gasteiger partial charge in [0.2, 0.25) is 0 Å². The first kappa shape index (κ1) is 35.6. The van der Waals surface area contributed by atoms with E-state index in [9.17, 15) is 30.0 Å². The van der Waals surface area contributed by atoms with Gasteiger partial charge in [-0.05, 0) is 103 Å². The summed E-state index contributed by atoms with van der Waals surface area (Å²) in [5, 5.41) is 38.6. The summed E-state index contributed by atoms with van der Waals surface area (Å²) >= 11 is 0. The summed E-state index contributed by atoms with van der Waals surface area (Å²) in [6.45, 7) is 13.5. The molecule has 0 aliphatic heterocycles. The fraction of sp³-hybridized carbons (Fsp3) is 0.590. The van der Waals surface area contributed by atoms with Crippen LogP contribution in [0.1, 0.15) is 91.2 Å². The Morgan fingerprint density at radius 1 is 0.812 bits per heavy atom. The van der Waals surface area contributed by atoms with Gasteiger partial charge in [0.25, 0.3) is 0 Å². The lowest BCUT2D eigenvalue weighted by atomic mass is 9.70. The molecule has 2 aromatic rings. The molecule has 262 valence electrons. The number of esters is 2. The van der Waals surface area contributed by atoms with Gasteiger partial charge < -0.3 is 34.6 Å². The summed E-state index contributed by atoms with van der Waals surface area (Å²) in [5.41, 5.74) is 1.75. The van der Waals surface area contributed by atoms with Crippen molar-refractivity contribution in [1.82, 2.24) is 0 Å². The number of rotatable bonds is 8. The van der Waals surface area contributed by atoms with Gasteiger partial charge in [-0.2, -0.15) is 0 Å². The summed E-state index contributed by atoms with van der Waals surface area (Å²) in [7, 11) is 1.49. The molecule has 4 aliphatic rings. The highest BCUT2D eigenvalue weighted by Crippen LogP contribution is 2.67. The Morgan fingerprint density at radius 3 is 1.88 bits per heavy atom. The normalized spacial score (nSPS) is 31.2. The highest BCUT2D eigenvalue weighted by atomic mass is 16.6. The molecule has 9 heteroatoms. The average molecular weight is 665 g/mol. The molecule has 0 unspecified atom stereocenters. The van der Waals surface area contributed by atoms with Crippen molar-refractivity contribution >= 4 is 18.0 Å². The third-order valence-electron chi connectivity index (χ3n) is 13.3. The van der Waals surface area contributed by atoms with Crippen molar-refractivity contribution in [3.63, 3.8) is 0 Å². The number of phenols is 3. The molecule has 4 saturated carbocycles. The van der Waals surface area contributed by atoms with E-state index in [0.717, 1.165) is 31.2 Å². The van der Waals surface area contributed by atoms with Gasteiger partial charge in [0.1, 0.15) is 12.2 Å². The second-order valence-electron chi connectivity index (χ2n) is 15.9. The lowest BCUT2D eigenvalue weighted by Crippen LogP contribution is -2.40. The van der Waals surface area contributed by atoms with Crippen LogP contribution in [0.2, 0.25) is 0 Å². The molecule has 48 heavy (non-hydrogen) atoms. The number of fused-ring (bicyclic) bond motifs is 4. The van der Waals surface area contributed by atoms with Crippen LogP contribution in [0.4, 0.5) is 0 Å². The maximum absolute atomic E-state index is 12.3. The molecule has 0 amide bonds. The summed E-state index contributed by atoms with van der Waals surface area (Å²) in [6, 6.07) is 9.19. The van der Waals surface area contributed by atoms with Gasteiger partial charge >= 0.3 is 11.9 Å². The monoisotopic (exact) mass is 664 g/mol. The minimum atomic E-state index is -1.28. The van der Waals surface area contributed by atoms with Crippen LogP contribution in [-0.4, -0.2) is 57.8 Å². The molecular weight excluding hydrogens is 612 g/mol. The fourth-order valence-electron chi connectivity index (χ4n) is 8.98. The van der Waals surface area contributed by atoms with Crippen molar-refractivity contribution in [3.8, 4) is 23.0 Å². The number of aromatic hydroxyl groups is 3. The molecule has 0 radical (unpaired) electrons. The molecule has 9 nitrogen and oxygen atoms in total. The molecule has 0 spiro atoms. The number of ether oxygens (including phenoxy) is 3. The Bertz CT molecular complexity index is 1560. The summed E-state index contributed by atoms with van der Waals surface area (Å²) < 4.78 is 16.5. The first-order valence-electron chi connectivity index (χ1n) is 17.1. The smallest absolute Gasteiger partial charge is 0.335 e. The SMILES string of the molecule is CC1(C)[C@@H]2CC[C@@]1(C)[C@@H](OC(=O)[C@H](O)Cc1ccc(O)c(O)c1)C2.COc1cc(/C=C/C(=O)O[C@H]2C[C@H]3CC[C@]2(C)C3(C)C)ccc1O. The predicted molar refractivity (Wildman–Crippen MR) is 181 cm³/mol. The van der Waals surface area contributed by atoms with E-state index in [0.29, 0.717) is 23.1 Å². The first-order valence-corrected chi connectivity index (χ1v) is 17.1. The maximum atomic E-state index is 12.3. The Kier molecular flexibility index (Phi) is 9.60. The summed E-state index contributed by atoms with van der Waals surface area (Å²) in [4.78, 5) is 24.5. The predicted octanol–water partition coefficient (Wildman–Crippen LogP) is 6.93. The van der Waals surface area contributed by atoms with Crippen molar-refractivity contribution < 1.29 is 44.2 Å². The molecular formula is C39H52O9. The molecule has 7 atom stereocenters. The summed E-state index contributed by atoms with van der Waals surface area (Å²) in [6.07, 6.45) is 8.17. The molecule has 0 saturated heterocycles. The van der Waals surface area contributed by atoms with Crippen LogP contribution >= 0.6 is 0 Å². The van der Waals surface area contributed by atoms with Crippen molar-refractivity contribution in [2.24, 2.45) is 33.5 Å². The van der Waals surface area contributed by atoms with Crippen LogP contribution in [0.3, 0.4) is 0 Å². The highest BCUT2D eigenvalue weighted by molar-refractivity contribution is 5.87. The maximum Gasteiger partial charge on any atom is 0.335 e. The molecule has 4 N–H and O–H groups in total. The third-order valence-corrected chi connectivity index (χ3v) is 13.3. The van der Waals surface area contributed by atoms with E-state index in [1.807, 2.05) is 0 Å². The van der Waals surface area contributed by atoms with Gasteiger partial charge in [-0.15, -0.1) is 0 Å². The number of hydrogen-bond acceptors (Lipinski definition) is 9. The second-order valence-corrected chi connectivity index (χ2v) is 15.9. The van der Waals surface area contributed by atoms with Crippen molar-refractivity contribution in [3.05, 3.63) is 53.6 Å². The highest BCUT2D eigenvalue weighted by Gasteiger charge is 2.64. The number of aliphatic hydroxyl groups excluding tert-OH is 1. The third kappa shape index (κ3) is 6.26. The first-order chi connectivity index (χ1) is 22.4. The number of phenolic OH excluding ortho intramolecular Hbond substituents is 3. The van der Waals surface area contributed by atoms with E-state index in [1.54, 1.807) is 30.3 Å². The summed E-state index contributed by atoms with van der Waals surface area (Å²) in [5.74, 6) is 0.247. The molecule has 6 rings (SSSR count). The Balaban J connectivity index is 0.000000188. The van der Waals surface area contributed by atoms with E-state index in [4.69, 9.17) is 14.2 Å². The van der Waals surface area contributed by atoms with Crippen LogP contribution in [0.25, 0.3) is 6.08 Å². The lowest BCUT2D eigenvalue weighted by molar-refractivity contribution is -0.166. The molecule has 4 fully saturated rings. The van der Waals surface area contributed by atoms with Crippen molar-refractivity contribution in [2.45, 2.75) is 105 Å². The van der Waals surface area contributed by atoms with E-state index < -0.39 is 12.1 Å². The quantitative estimate of drug-likeness (QED) is 0.134. The van der Waals surface area contributed by atoms with Gasteiger partial charge in [-0.1, -0.05) is 53.7 Å².